The first kappa shape index (κ1) is 17.8. The van der Waals surface area contributed by atoms with Gasteiger partial charge in [-0.05, 0) is 44.5 Å². The highest BCUT2D eigenvalue weighted by Crippen LogP contribution is 2.38. The number of hydrogen-bond acceptors (Lipinski definition) is 2. The quantitative estimate of drug-likeness (QED) is 0.843. The molecule has 0 fully saturated rings. The van der Waals surface area contributed by atoms with Gasteiger partial charge in [0.15, 0.2) is 0 Å². The predicted octanol–water partition coefficient (Wildman–Crippen LogP) is 4.30. The number of nitrogens with one attached hydrogen (secondary N) is 1. The number of benzene rings is 1. The van der Waals surface area contributed by atoms with Gasteiger partial charge >= 0.3 is 6.18 Å². The molecule has 21 heavy (non-hydrogen) atoms. The smallest absolute Gasteiger partial charge is 0.368 e. The van der Waals surface area contributed by atoms with Crippen molar-refractivity contribution in [3.05, 3.63) is 29.3 Å². The molecule has 0 unspecified atom stereocenters. The van der Waals surface area contributed by atoms with Crippen molar-refractivity contribution in [2.24, 2.45) is 5.92 Å². The maximum Gasteiger partial charge on any atom is 0.418 e. The Morgan fingerprint density at radius 3 is 2.19 bits per heavy atom. The van der Waals surface area contributed by atoms with Gasteiger partial charge in [-0.2, -0.15) is 13.2 Å². The van der Waals surface area contributed by atoms with Crippen LogP contribution in [0, 0.1) is 5.92 Å². The predicted molar refractivity (Wildman–Crippen MR) is 81.5 cm³/mol. The van der Waals surface area contributed by atoms with Crippen molar-refractivity contribution in [1.82, 2.24) is 5.32 Å². The first-order chi connectivity index (χ1) is 9.66. The summed E-state index contributed by atoms with van der Waals surface area (Å²) in [5, 5.41) is 2.89. The van der Waals surface area contributed by atoms with E-state index < -0.39 is 11.7 Å². The van der Waals surface area contributed by atoms with E-state index in [0.29, 0.717) is 24.6 Å². The van der Waals surface area contributed by atoms with E-state index in [0.717, 1.165) is 0 Å². The topological polar surface area (TPSA) is 15.3 Å². The van der Waals surface area contributed by atoms with Crippen molar-refractivity contribution >= 4 is 5.69 Å². The molecule has 2 nitrogen and oxygen atoms in total. The van der Waals surface area contributed by atoms with Crippen LogP contribution < -0.4 is 10.2 Å². The van der Waals surface area contributed by atoms with Crippen molar-refractivity contribution in [2.45, 2.75) is 46.5 Å². The minimum Gasteiger partial charge on any atom is -0.368 e. The summed E-state index contributed by atoms with van der Waals surface area (Å²) in [4.78, 5) is 1.83. The summed E-state index contributed by atoms with van der Waals surface area (Å²) in [6, 6.07) is 4.62. The van der Waals surface area contributed by atoms with Crippen LogP contribution in [0.2, 0.25) is 0 Å². The van der Waals surface area contributed by atoms with E-state index in [2.05, 4.69) is 5.32 Å². The molecule has 0 aliphatic heterocycles. The van der Waals surface area contributed by atoms with Crippen LogP contribution in [0.3, 0.4) is 0 Å². The van der Waals surface area contributed by atoms with E-state index in [9.17, 15) is 13.2 Å². The summed E-state index contributed by atoms with van der Waals surface area (Å²) >= 11 is 0. The maximum atomic E-state index is 13.4. The molecule has 0 saturated carbocycles. The van der Waals surface area contributed by atoms with Gasteiger partial charge in [-0.25, -0.2) is 0 Å². The maximum absolute atomic E-state index is 13.4. The van der Waals surface area contributed by atoms with E-state index in [4.69, 9.17) is 0 Å². The first-order valence-electron chi connectivity index (χ1n) is 7.28. The molecule has 1 aromatic carbocycles. The van der Waals surface area contributed by atoms with Crippen LogP contribution in [-0.2, 0) is 12.7 Å². The summed E-state index contributed by atoms with van der Waals surface area (Å²) in [6.07, 6.45) is -4.34. The molecule has 0 amide bonds. The van der Waals surface area contributed by atoms with E-state index in [1.807, 2.05) is 32.6 Å². The highest BCUT2D eigenvalue weighted by Gasteiger charge is 2.35. The van der Waals surface area contributed by atoms with Crippen LogP contribution in [0.4, 0.5) is 18.9 Å². The summed E-state index contributed by atoms with van der Waals surface area (Å²) in [7, 11) is 1.72. The molecule has 0 spiro atoms. The largest absolute Gasteiger partial charge is 0.418 e. The molecule has 0 aliphatic carbocycles. The molecule has 5 heteroatoms. The van der Waals surface area contributed by atoms with Gasteiger partial charge < -0.3 is 10.2 Å². The van der Waals surface area contributed by atoms with Gasteiger partial charge in [-0.3, -0.25) is 0 Å². The summed E-state index contributed by atoms with van der Waals surface area (Å²) in [5.41, 5.74) is 0.359. The van der Waals surface area contributed by atoms with Crippen LogP contribution in [0.5, 0.6) is 0 Å². The standard InChI is InChI=1S/C16H25F3N2/c1-11(2)10-21(12(3)4)15-7-6-13(9-20-5)8-14(15)16(17,18)19/h6-8,11-12,20H,9-10H2,1-5H3. The third-order valence-corrected chi connectivity index (χ3v) is 3.24. The summed E-state index contributed by atoms with van der Waals surface area (Å²) in [6.45, 7) is 8.89. The minimum absolute atomic E-state index is 0.0173. The Hall–Kier alpha value is -1.23. The molecule has 0 bridgehead atoms. The SMILES string of the molecule is CNCc1ccc(N(CC(C)C)C(C)C)c(C(F)(F)F)c1. The normalized spacial score (nSPS) is 12.3. The molecule has 0 radical (unpaired) electrons. The minimum atomic E-state index is -4.34. The molecule has 0 aliphatic rings. The highest BCUT2D eigenvalue weighted by molar-refractivity contribution is 5.57. The average Bonchev–Trinajstić information content (AvgIpc) is 2.35. The Morgan fingerprint density at radius 1 is 1.14 bits per heavy atom. The molecule has 1 N–H and O–H groups in total. The van der Waals surface area contributed by atoms with E-state index in [1.54, 1.807) is 19.2 Å². The van der Waals surface area contributed by atoms with E-state index in [1.165, 1.54) is 6.07 Å². The molecule has 0 saturated heterocycles. The molecule has 120 valence electrons. The van der Waals surface area contributed by atoms with Gasteiger partial charge in [0.1, 0.15) is 0 Å². The lowest BCUT2D eigenvalue weighted by Gasteiger charge is -2.33. The Morgan fingerprint density at radius 2 is 1.76 bits per heavy atom. The molecule has 1 aromatic rings. The lowest BCUT2D eigenvalue weighted by Crippen LogP contribution is -2.35. The van der Waals surface area contributed by atoms with Crippen LogP contribution in [0.25, 0.3) is 0 Å². The monoisotopic (exact) mass is 302 g/mol. The van der Waals surface area contributed by atoms with Gasteiger partial charge in [-0.15, -0.1) is 0 Å². The molecule has 0 heterocycles. The molecular formula is C16H25F3N2. The Bertz CT molecular complexity index is 453. The van der Waals surface area contributed by atoms with Gasteiger partial charge in [0, 0.05) is 24.8 Å². The molecule has 0 atom stereocenters. The second-order valence-electron chi connectivity index (χ2n) is 6.02. The number of hydrogen-bond donors (Lipinski definition) is 1. The zero-order valence-electron chi connectivity index (χ0n) is 13.4. The second kappa shape index (κ2) is 7.16. The Labute approximate surface area is 125 Å². The summed E-state index contributed by atoms with van der Waals surface area (Å²) in [5.74, 6) is 0.297. The number of anilines is 1. The van der Waals surface area contributed by atoms with Crippen LogP contribution >= 0.6 is 0 Å². The van der Waals surface area contributed by atoms with Crippen molar-refractivity contribution in [1.29, 1.82) is 0 Å². The van der Waals surface area contributed by atoms with Gasteiger partial charge in [0.05, 0.1) is 5.56 Å². The van der Waals surface area contributed by atoms with Gasteiger partial charge in [0.25, 0.3) is 0 Å². The highest BCUT2D eigenvalue weighted by atomic mass is 19.4. The number of nitrogens with zero attached hydrogens (tertiary/aromatic N) is 1. The van der Waals surface area contributed by atoms with Crippen molar-refractivity contribution in [3.8, 4) is 0 Å². The van der Waals surface area contributed by atoms with Crippen LogP contribution in [-0.4, -0.2) is 19.6 Å². The fraction of sp³-hybridized carbons (Fsp3) is 0.625. The molecular weight excluding hydrogens is 277 g/mol. The van der Waals surface area contributed by atoms with E-state index >= 15 is 0 Å². The molecule has 1 rings (SSSR count). The number of alkyl halides is 3. The van der Waals surface area contributed by atoms with Crippen molar-refractivity contribution in [2.75, 3.05) is 18.5 Å². The third kappa shape index (κ3) is 4.92. The zero-order chi connectivity index (χ0) is 16.2. The Balaban J connectivity index is 3.31. The number of rotatable bonds is 6. The fourth-order valence-electron chi connectivity index (χ4n) is 2.36. The summed E-state index contributed by atoms with van der Waals surface area (Å²) < 4.78 is 40.1. The van der Waals surface area contributed by atoms with Gasteiger partial charge in [-0.1, -0.05) is 19.9 Å². The lowest BCUT2D eigenvalue weighted by atomic mass is 10.0. The average molecular weight is 302 g/mol. The number of halogens is 3. The third-order valence-electron chi connectivity index (χ3n) is 3.24. The lowest BCUT2D eigenvalue weighted by molar-refractivity contribution is -0.137. The van der Waals surface area contributed by atoms with Crippen LogP contribution in [0.15, 0.2) is 18.2 Å². The first-order valence-corrected chi connectivity index (χ1v) is 7.28. The fourth-order valence-corrected chi connectivity index (χ4v) is 2.36. The van der Waals surface area contributed by atoms with Crippen molar-refractivity contribution in [3.63, 3.8) is 0 Å². The van der Waals surface area contributed by atoms with Crippen molar-refractivity contribution < 1.29 is 13.2 Å². The van der Waals surface area contributed by atoms with Crippen LogP contribution in [0.1, 0.15) is 38.8 Å². The second-order valence-corrected chi connectivity index (χ2v) is 6.02. The van der Waals surface area contributed by atoms with Gasteiger partial charge in [0.2, 0.25) is 0 Å². The Kier molecular flexibility index (Phi) is 6.08. The molecule has 0 aromatic heterocycles. The zero-order valence-corrected chi connectivity index (χ0v) is 13.4. The van der Waals surface area contributed by atoms with E-state index in [-0.39, 0.29) is 11.7 Å².